The van der Waals surface area contributed by atoms with E-state index in [1.165, 1.54) is 25.7 Å². The van der Waals surface area contributed by atoms with Crippen LogP contribution in [0.4, 0.5) is 4.79 Å². The Morgan fingerprint density at radius 2 is 1.85 bits per heavy atom. The minimum Gasteiger partial charge on any atom is -0.481 e. The van der Waals surface area contributed by atoms with E-state index in [4.69, 9.17) is 5.11 Å². The molecule has 1 atom stereocenters. The number of aliphatic carboxylic acids is 1. The van der Waals surface area contributed by atoms with Crippen LogP contribution in [-0.2, 0) is 4.79 Å². The van der Waals surface area contributed by atoms with Gasteiger partial charge < -0.3 is 15.3 Å². The fourth-order valence-electron chi connectivity index (χ4n) is 2.81. The predicted octanol–water partition coefficient (Wildman–Crippen LogP) is 2.85. The van der Waals surface area contributed by atoms with Gasteiger partial charge >= 0.3 is 12.0 Å². The van der Waals surface area contributed by atoms with E-state index in [-0.39, 0.29) is 12.6 Å². The van der Waals surface area contributed by atoms with Gasteiger partial charge in [-0.3, -0.25) is 4.79 Å². The lowest BCUT2D eigenvalue weighted by molar-refractivity contribution is -0.141. The van der Waals surface area contributed by atoms with Crippen molar-refractivity contribution in [2.24, 2.45) is 5.92 Å². The molecule has 0 saturated heterocycles. The monoisotopic (exact) mass is 284 g/mol. The molecule has 1 saturated carbocycles. The second kappa shape index (κ2) is 8.82. The Hall–Kier alpha value is -1.26. The number of hydrogen-bond donors (Lipinski definition) is 2. The summed E-state index contributed by atoms with van der Waals surface area (Å²) in [5.41, 5.74) is 0. The number of carbonyl (C=O) groups excluding carboxylic acids is 1. The molecule has 0 aliphatic heterocycles. The summed E-state index contributed by atoms with van der Waals surface area (Å²) < 4.78 is 0. The van der Waals surface area contributed by atoms with E-state index >= 15 is 0 Å². The Labute approximate surface area is 121 Å². The molecule has 0 aromatic heterocycles. The lowest BCUT2D eigenvalue weighted by Crippen LogP contribution is -2.45. The average molecular weight is 284 g/mol. The molecule has 1 aliphatic carbocycles. The minimum absolute atomic E-state index is 0.140. The third-order valence-corrected chi connectivity index (χ3v) is 4.18. The molecule has 0 aromatic carbocycles. The highest BCUT2D eigenvalue weighted by molar-refractivity contribution is 5.76. The van der Waals surface area contributed by atoms with Gasteiger partial charge in [0, 0.05) is 19.6 Å². The van der Waals surface area contributed by atoms with Gasteiger partial charge in [0.25, 0.3) is 0 Å². The van der Waals surface area contributed by atoms with Crippen molar-refractivity contribution in [3.8, 4) is 0 Å². The van der Waals surface area contributed by atoms with Crippen LogP contribution in [0.5, 0.6) is 0 Å². The first-order valence-corrected chi connectivity index (χ1v) is 7.79. The second-order valence-corrected chi connectivity index (χ2v) is 5.77. The van der Waals surface area contributed by atoms with Crippen LogP contribution in [0.25, 0.3) is 0 Å². The number of amides is 2. The minimum atomic E-state index is -0.829. The van der Waals surface area contributed by atoms with Crippen LogP contribution in [-0.4, -0.2) is 41.6 Å². The van der Waals surface area contributed by atoms with Crippen LogP contribution in [0.2, 0.25) is 0 Å². The molecule has 2 N–H and O–H groups in total. The average Bonchev–Trinajstić information content (AvgIpc) is 2.70. The Morgan fingerprint density at radius 1 is 1.25 bits per heavy atom. The van der Waals surface area contributed by atoms with Gasteiger partial charge in [-0.1, -0.05) is 39.0 Å². The molecule has 1 unspecified atom stereocenters. The molecule has 20 heavy (non-hydrogen) atoms. The Bertz CT molecular complexity index is 312. The molecule has 0 heterocycles. The van der Waals surface area contributed by atoms with E-state index in [0.717, 1.165) is 19.3 Å². The quantitative estimate of drug-likeness (QED) is 0.737. The molecule has 1 rings (SSSR count). The van der Waals surface area contributed by atoms with Crippen molar-refractivity contribution in [3.63, 3.8) is 0 Å². The normalized spacial score (nSPS) is 18.1. The third kappa shape index (κ3) is 5.39. The highest BCUT2D eigenvalue weighted by atomic mass is 16.4. The highest BCUT2D eigenvalue weighted by Gasteiger charge is 2.23. The lowest BCUT2D eigenvalue weighted by atomic mass is 10.0. The zero-order chi connectivity index (χ0) is 15.0. The molecular weight excluding hydrogens is 256 g/mol. The van der Waals surface area contributed by atoms with Crippen molar-refractivity contribution in [1.82, 2.24) is 10.2 Å². The number of urea groups is 1. The summed E-state index contributed by atoms with van der Waals surface area (Å²) in [6.45, 7) is 2.18. The highest BCUT2D eigenvalue weighted by Crippen LogP contribution is 2.21. The largest absolute Gasteiger partial charge is 0.481 e. The Balaban J connectivity index is 2.41. The van der Waals surface area contributed by atoms with Crippen LogP contribution in [0.3, 0.4) is 0 Å². The zero-order valence-corrected chi connectivity index (χ0v) is 12.7. The van der Waals surface area contributed by atoms with E-state index in [2.05, 4.69) is 5.32 Å². The SMILES string of the molecule is CCCC(CNC(=O)N(C)C1CCCCCC1)C(=O)O. The molecule has 0 spiro atoms. The van der Waals surface area contributed by atoms with Gasteiger partial charge in [0.1, 0.15) is 0 Å². The van der Waals surface area contributed by atoms with Crippen molar-refractivity contribution in [1.29, 1.82) is 0 Å². The van der Waals surface area contributed by atoms with E-state index in [1.54, 1.807) is 4.90 Å². The smallest absolute Gasteiger partial charge is 0.317 e. The number of nitrogens with zero attached hydrogens (tertiary/aromatic N) is 1. The maximum absolute atomic E-state index is 12.1. The Morgan fingerprint density at radius 3 is 2.35 bits per heavy atom. The number of hydrogen-bond acceptors (Lipinski definition) is 2. The van der Waals surface area contributed by atoms with Crippen molar-refractivity contribution < 1.29 is 14.7 Å². The zero-order valence-electron chi connectivity index (χ0n) is 12.7. The van der Waals surface area contributed by atoms with Crippen molar-refractivity contribution >= 4 is 12.0 Å². The molecule has 0 radical (unpaired) electrons. The number of carboxylic acid groups (broad SMARTS) is 1. The summed E-state index contributed by atoms with van der Waals surface area (Å²) >= 11 is 0. The molecule has 5 nitrogen and oxygen atoms in total. The van der Waals surface area contributed by atoms with Gasteiger partial charge in [-0.25, -0.2) is 4.79 Å². The summed E-state index contributed by atoms with van der Waals surface area (Å²) in [6, 6.07) is 0.159. The van der Waals surface area contributed by atoms with Gasteiger partial charge in [0.15, 0.2) is 0 Å². The van der Waals surface area contributed by atoms with Gasteiger partial charge in [-0.15, -0.1) is 0 Å². The van der Waals surface area contributed by atoms with Crippen molar-refractivity contribution in [2.75, 3.05) is 13.6 Å². The fourth-order valence-corrected chi connectivity index (χ4v) is 2.81. The molecule has 5 heteroatoms. The molecule has 1 fully saturated rings. The first-order valence-electron chi connectivity index (χ1n) is 7.79. The van der Waals surface area contributed by atoms with E-state index in [9.17, 15) is 9.59 Å². The molecular formula is C15H28N2O3. The lowest BCUT2D eigenvalue weighted by Gasteiger charge is -2.28. The van der Waals surface area contributed by atoms with Gasteiger partial charge in [-0.05, 0) is 19.3 Å². The maximum Gasteiger partial charge on any atom is 0.317 e. The summed E-state index contributed by atoms with van der Waals surface area (Å²) in [5, 5.41) is 11.8. The standard InChI is InChI=1S/C15H28N2O3/c1-3-8-12(14(18)19)11-16-15(20)17(2)13-9-6-4-5-7-10-13/h12-13H,3-11H2,1-2H3,(H,16,20)(H,18,19). The molecule has 1 aliphatic rings. The number of carboxylic acids is 1. The van der Waals surface area contributed by atoms with Crippen LogP contribution < -0.4 is 5.32 Å². The topological polar surface area (TPSA) is 69.6 Å². The number of nitrogens with one attached hydrogen (secondary N) is 1. The van der Waals surface area contributed by atoms with Crippen molar-refractivity contribution in [2.45, 2.75) is 64.3 Å². The third-order valence-electron chi connectivity index (χ3n) is 4.18. The van der Waals surface area contributed by atoms with E-state index in [1.807, 2.05) is 14.0 Å². The van der Waals surface area contributed by atoms with Crippen LogP contribution >= 0.6 is 0 Å². The summed E-state index contributed by atoms with van der Waals surface area (Å²) in [5.74, 6) is -1.31. The van der Waals surface area contributed by atoms with Crippen LogP contribution in [0, 0.1) is 5.92 Å². The fraction of sp³-hybridized carbons (Fsp3) is 0.867. The Kier molecular flexibility index (Phi) is 7.41. The van der Waals surface area contributed by atoms with Crippen LogP contribution in [0.15, 0.2) is 0 Å². The second-order valence-electron chi connectivity index (χ2n) is 5.77. The molecule has 2 amide bonds. The maximum atomic E-state index is 12.1. The van der Waals surface area contributed by atoms with Gasteiger partial charge in [-0.2, -0.15) is 0 Å². The van der Waals surface area contributed by atoms with E-state index < -0.39 is 11.9 Å². The summed E-state index contributed by atoms with van der Waals surface area (Å²) in [6.07, 6.45) is 8.38. The summed E-state index contributed by atoms with van der Waals surface area (Å²) in [7, 11) is 1.82. The van der Waals surface area contributed by atoms with Gasteiger partial charge in [0.2, 0.25) is 0 Å². The number of rotatable bonds is 6. The molecule has 0 bridgehead atoms. The molecule has 116 valence electrons. The van der Waals surface area contributed by atoms with Gasteiger partial charge in [0.05, 0.1) is 5.92 Å². The van der Waals surface area contributed by atoms with E-state index in [0.29, 0.717) is 12.5 Å². The first kappa shape index (κ1) is 16.8. The van der Waals surface area contributed by atoms with Crippen molar-refractivity contribution in [3.05, 3.63) is 0 Å². The molecule has 0 aromatic rings. The van der Waals surface area contributed by atoms with Crippen LogP contribution in [0.1, 0.15) is 58.3 Å². The first-order chi connectivity index (χ1) is 9.56. The summed E-state index contributed by atoms with van der Waals surface area (Å²) in [4.78, 5) is 24.9. The number of carbonyl (C=O) groups is 2. The predicted molar refractivity (Wildman–Crippen MR) is 78.7 cm³/mol.